The quantitative estimate of drug-likeness (QED) is 0.448. The summed E-state index contributed by atoms with van der Waals surface area (Å²) in [4.78, 5) is 17.8. The van der Waals surface area contributed by atoms with Gasteiger partial charge in [-0.15, -0.1) is 11.3 Å². The topological polar surface area (TPSA) is 49.6 Å². The predicted octanol–water partition coefficient (Wildman–Crippen LogP) is 5.97. The minimum Gasteiger partial charge on any atom is -0.390 e. The highest BCUT2D eigenvalue weighted by Crippen LogP contribution is 2.31. The van der Waals surface area contributed by atoms with Crippen molar-refractivity contribution in [2.75, 3.05) is 30.8 Å². The van der Waals surface area contributed by atoms with Gasteiger partial charge in [0.05, 0.1) is 10.6 Å². The van der Waals surface area contributed by atoms with Crippen LogP contribution in [0.1, 0.15) is 34.3 Å². The van der Waals surface area contributed by atoms with Crippen LogP contribution in [0, 0.1) is 0 Å². The second-order valence-electron chi connectivity index (χ2n) is 7.93. The average Bonchev–Trinajstić information content (AvgIpc) is 3.14. The van der Waals surface area contributed by atoms with Gasteiger partial charge < -0.3 is 10.6 Å². The molecule has 7 heteroatoms. The Balaban J connectivity index is 1.40. The molecule has 2 aromatic carbocycles. The number of nitrogens with zero attached hydrogens (tertiary/aromatic N) is 2. The number of anilines is 2. The Morgan fingerprint density at radius 3 is 2.26 bits per heavy atom. The van der Waals surface area contributed by atoms with Crippen LogP contribution in [0.3, 0.4) is 0 Å². The SMILES string of the molecule is CN(c1ccc(Cl)cc1)C1CCN(Cc2csc(N)c2C(=O)c2ccc(Cl)cc2)CC1. The summed E-state index contributed by atoms with van der Waals surface area (Å²) in [6.07, 6.45) is 2.14. The van der Waals surface area contributed by atoms with Crippen LogP contribution in [0.25, 0.3) is 0 Å². The van der Waals surface area contributed by atoms with Gasteiger partial charge in [0.2, 0.25) is 0 Å². The van der Waals surface area contributed by atoms with Gasteiger partial charge in [0.15, 0.2) is 5.78 Å². The van der Waals surface area contributed by atoms with Gasteiger partial charge in [0, 0.05) is 54.0 Å². The van der Waals surface area contributed by atoms with Crippen molar-refractivity contribution >= 4 is 51.0 Å². The summed E-state index contributed by atoms with van der Waals surface area (Å²) in [5, 5.41) is 3.96. The number of ketones is 1. The molecule has 0 unspecified atom stereocenters. The number of hydrogen-bond acceptors (Lipinski definition) is 5. The lowest BCUT2D eigenvalue weighted by atomic mass is 9.99. The Bertz CT molecular complexity index is 1040. The van der Waals surface area contributed by atoms with Crippen molar-refractivity contribution in [2.45, 2.75) is 25.4 Å². The van der Waals surface area contributed by atoms with Crippen molar-refractivity contribution in [1.82, 2.24) is 4.90 Å². The van der Waals surface area contributed by atoms with Gasteiger partial charge in [-0.2, -0.15) is 0 Å². The fraction of sp³-hybridized carbons (Fsp3) is 0.292. The standard InChI is InChI=1S/C24H25Cl2N3OS/c1-28(20-8-6-19(26)7-9-20)21-10-12-29(13-11-21)14-17-15-31-24(27)22(17)23(30)16-2-4-18(25)5-3-16/h2-9,15,21H,10-14,27H2,1H3. The predicted molar refractivity (Wildman–Crippen MR) is 132 cm³/mol. The van der Waals surface area contributed by atoms with E-state index in [1.807, 2.05) is 17.5 Å². The summed E-state index contributed by atoms with van der Waals surface area (Å²) in [5.41, 5.74) is 9.62. The van der Waals surface area contributed by atoms with E-state index in [1.165, 1.54) is 17.0 Å². The van der Waals surface area contributed by atoms with Crippen LogP contribution in [0.4, 0.5) is 10.7 Å². The Morgan fingerprint density at radius 1 is 1.06 bits per heavy atom. The van der Waals surface area contributed by atoms with Crippen LogP contribution in [0.5, 0.6) is 0 Å². The van der Waals surface area contributed by atoms with Crippen molar-refractivity contribution in [1.29, 1.82) is 0 Å². The zero-order chi connectivity index (χ0) is 22.0. The highest BCUT2D eigenvalue weighted by molar-refractivity contribution is 7.14. The summed E-state index contributed by atoms with van der Waals surface area (Å²) in [6, 6.07) is 15.5. The molecule has 0 atom stereocenters. The van der Waals surface area contributed by atoms with E-state index in [1.54, 1.807) is 24.3 Å². The number of nitrogen functional groups attached to an aromatic ring is 1. The van der Waals surface area contributed by atoms with E-state index in [-0.39, 0.29) is 5.78 Å². The van der Waals surface area contributed by atoms with Crippen molar-refractivity contribution in [3.05, 3.63) is 80.6 Å². The number of halogens is 2. The molecule has 4 nitrogen and oxygen atoms in total. The van der Waals surface area contributed by atoms with E-state index in [0.29, 0.717) is 27.2 Å². The number of hydrogen-bond donors (Lipinski definition) is 1. The molecule has 0 spiro atoms. The molecule has 0 amide bonds. The summed E-state index contributed by atoms with van der Waals surface area (Å²) in [6.45, 7) is 2.69. The molecule has 2 heterocycles. The van der Waals surface area contributed by atoms with Gasteiger partial charge in [-0.25, -0.2) is 0 Å². The fourth-order valence-electron chi connectivity index (χ4n) is 4.12. The minimum absolute atomic E-state index is 0.0391. The summed E-state index contributed by atoms with van der Waals surface area (Å²) >= 11 is 13.4. The third-order valence-corrected chi connectivity index (χ3v) is 7.33. The molecule has 0 saturated carbocycles. The van der Waals surface area contributed by atoms with E-state index in [9.17, 15) is 4.79 Å². The molecule has 0 bridgehead atoms. The maximum Gasteiger partial charge on any atom is 0.196 e. The van der Waals surface area contributed by atoms with Gasteiger partial charge in [0.1, 0.15) is 0 Å². The minimum atomic E-state index is -0.0391. The lowest BCUT2D eigenvalue weighted by Gasteiger charge is -2.38. The lowest BCUT2D eigenvalue weighted by molar-refractivity contribution is 0.103. The first-order chi connectivity index (χ1) is 14.9. The molecule has 31 heavy (non-hydrogen) atoms. The van der Waals surface area contributed by atoms with Gasteiger partial charge in [-0.05, 0) is 72.3 Å². The number of thiophene rings is 1. The second-order valence-corrected chi connectivity index (χ2v) is 9.71. The van der Waals surface area contributed by atoms with Crippen molar-refractivity contribution in [2.24, 2.45) is 0 Å². The molecule has 3 aromatic rings. The Hall–Kier alpha value is -2.05. The molecule has 2 N–H and O–H groups in total. The number of benzene rings is 2. The third-order valence-electron chi connectivity index (χ3n) is 5.96. The molecule has 1 aromatic heterocycles. The Morgan fingerprint density at radius 2 is 1.65 bits per heavy atom. The molecule has 1 aliphatic heterocycles. The van der Waals surface area contributed by atoms with E-state index in [4.69, 9.17) is 28.9 Å². The van der Waals surface area contributed by atoms with Gasteiger partial charge in [0.25, 0.3) is 0 Å². The normalized spacial score (nSPS) is 15.2. The van der Waals surface area contributed by atoms with Gasteiger partial charge in [-0.1, -0.05) is 23.2 Å². The van der Waals surface area contributed by atoms with E-state index < -0.39 is 0 Å². The molecular formula is C24H25Cl2N3OS. The van der Waals surface area contributed by atoms with E-state index in [0.717, 1.165) is 43.1 Å². The van der Waals surface area contributed by atoms with Crippen LogP contribution < -0.4 is 10.6 Å². The highest BCUT2D eigenvalue weighted by Gasteiger charge is 2.25. The van der Waals surface area contributed by atoms with E-state index in [2.05, 4.69) is 29.0 Å². The van der Waals surface area contributed by atoms with Crippen molar-refractivity contribution in [3.63, 3.8) is 0 Å². The van der Waals surface area contributed by atoms with Crippen LogP contribution in [0.15, 0.2) is 53.9 Å². The molecule has 162 valence electrons. The number of likely N-dealkylation sites (tertiary alicyclic amines) is 1. The van der Waals surface area contributed by atoms with Gasteiger partial charge in [-0.3, -0.25) is 9.69 Å². The highest BCUT2D eigenvalue weighted by atomic mass is 35.5. The number of rotatable bonds is 6. The summed E-state index contributed by atoms with van der Waals surface area (Å²) in [5.74, 6) is -0.0391. The molecule has 1 fully saturated rings. The smallest absolute Gasteiger partial charge is 0.196 e. The first-order valence-electron chi connectivity index (χ1n) is 10.3. The number of carbonyl (C=O) groups excluding carboxylic acids is 1. The monoisotopic (exact) mass is 473 g/mol. The Kier molecular flexibility index (Phi) is 6.87. The summed E-state index contributed by atoms with van der Waals surface area (Å²) < 4.78 is 0. The molecular weight excluding hydrogens is 449 g/mol. The molecule has 1 saturated heterocycles. The van der Waals surface area contributed by atoms with Gasteiger partial charge >= 0.3 is 0 Å². The maximum absolute atomic E-state index is 13.1. The zero-order valence-electron chi connectivity index (χ0n) is 17.4. The van der Waals surface area contributed by atoms with Crippen molar-refractivity contribution in [3.8, 4) is 0 Å². The Labute approximate surface area is 197 Å². The maximum atomic E-state index is 13.1. The molecule has 1 aliphatic rings. The molecule has 0 radical (unpaired) electrons. The van der Waals surface area contributed by atoms with Crippen LogP contribution >= 0.6 is 34.5 Å². The molecule has 0 aliphatic carbocycles. The summed E-state index contributed by atoms with van der Waals surface area (Å²) in [7, 11) is 2.14. The largest absolute Gasteiger partial charge is 0.390 e. The number of piperidine rings is 1. The third kappa shape index (κ3) is 5.07. The van der Waals surface area contributed by atoms with Crippen LogP contribution in [-0.2, 0) is 6.54 Å². The fourth-order valence-corrected chi connectivity index (χ4v) is 5.18. The first-order valence-corrected chi connectivity index (χ1v) is 11.9. The number of nitrogens with two attached hydrogens (primary N) is 1. The second kappa shape index (κ2) is 9.61. The average molecular weight is 474 g/mol. The zero-order valence-corrected chi connectivity index (χ0v) is 19.7. The van der Waals surface area contributed by atoms with Crippen molar-refractivity contribution < 1.29 is 4.79 Å². The van der Waals surface area contributed by atoms with Crippen LogP contribution in [0.2, 0.25) is 10.0 Å². The van der Waals surface area contributed by atoms with Crippen LogP contribution in [-0.4, -0.2) is 36.9 Å². The number of carbonyl (C=O) groups is 1. The molecule has 4 rings (SSSR count). The first kappa shape index (κ1) is 22.2. The van der Waals surface area contributed by atoms with E-state index >= 15 is 0 Å². The lowest BCUT2D eigenvalue weighted by Crippen LogP contribution is -2.43.